The monoisotopic (exact) mass is 255 g/mol. The molecule has 0 amide bonds. The van der Waals surface area contributed by atoms with Crippen molar-refractivity contribution < 1.29 is 39.6 Å². The van der Waals surface area contributed by atoms with Crippen molar-refractivity contribution in [2.24, 2.45) is 0 Å². The minimum absolute atomic E-state index is 0. The molecule has 0 aliphatic rings. The van der Waals surface area contributed by atoms with E-state index in [1.165, 1.54) is 0 Å². The van der Waals surface area contributed by atoms with Gasteiger partial charge in [-0.1, -0.05) is 0 Å². The second-order valence-electron chi connectivity index (χ2n) is 0.961. The molecule has 8 N–H and O–H groups in total. The van der Waals surface area contributed by atoms with E-state index in [1.54, 1.807) is 0 Å². The Kier molecular flexibility index (Phi) is 17.8. The van der Waals surface area contributed by atoms with Crippen LogP contribution in [0.5, 0.6) is 0 Å². The molecular formula is H11KNO8PS+2. The van der Waals surface area contributed by atoms with E-state index in [-0.39, 0.29) is 60.4 Å². The first kappa shape index (κ1) is 23.4. The van der Waals surface area contributed by atoms with E-state index in [9.17, 15) is 0 Å². The Balaban J connectivity index is -0.0000000178. The van der Waals surface area contributed by atoms with Crippen molar-refractivity contribution in [1.82, 2.24) is 6.15 Å². The summed E-state index contributed by atoms with van der Waals surface area (Å²) in [5.41, 5.74) is 0. The third-order valence-electron chi connectivity index (χ3n) is 0. The van der Waals surface area contributed by atoms with Gasteiger partial charge < -0.3 is 20.8 Å². The van der Waals surface area contributed by atoms with Crippen molar-refractivity contribution in [3.05, 3.63) is 0 Å². The van der Waals surface area contributed by atoms with Crippen LogP contribution in [0.4, 0.5) is 0 Å². The average Bonchev–Trinajstić information content (AvgIpc) is 1.12. The maximum atomic E-state index is 8.88. The van der Waals surface area contributed by atoms with Gasteiger partial charge in [-0.05, 0) is 0 Å². The van der Waals surface area contributed by atoms with Crippen molar-refractivity contribution in [3.63, 3.8) is 0 Å². The third kappa shape index (κ3) is 521. The van der Waals surface area contributed by atoms with Gasteiger partial charge in [-0.2, -0.15) is 8.42 Å². The molecule has 12 heteroatoms. The summed E-state index contributed by atoms with van der Waals surface area (Å²) >= 11 is 0. The van der Waals surface area contributed by atoms with Crippen molar-refractivity contribution >= 4 is 69.6 Å². The van der Waals surface area contributed by atoms with Crippen molar-refractivity contribution in [2.75, 3.05) is 0 Å². The SMILES string of the molecule is N.O=P(O)(O)O.O=S(=O)(O)O.[H+].[H+].[KH]. The molecule has 12 heavy (non-hydrogen) atoms. The zero-order valence-corrected chi connectivity index (χ0v) is 6.73. The zero-order chi connectivity index (χ0) is 9.00. The van der Waals surface area contributed by atoms with Gasteiger partial charge in [-0.25, -0.2) is 4.57 Å². The topological polar surface area (TPSA) is 187 Å². The summed E-state index contributed by atoms with van der Waals surface area (Å²) in [6, 6.07) is 0. The first-order chi connectivity index (χ1) is 4.00. The van der Waals surface area contributed by atoms with Crippen LogP contribution < -0.4 is 6.15 Å². The van der Waals surface area contributed by atoms with Gasteiger partial charge in [0, 0.05) is 0 Å². The van der Waals surface area contributed by atoms with Crippen LogP contribution in [0.15, 0.2) is 0 Å². The second kappa shape index (κ2) is 9.14. The zero-order valence-electron chi connectivity index (χ0n) is 7.02. The number of hydrogen-bond donors (Lipinski definition) is 6. The molecule has 74 valence electrons. The first-order valence-corrected chi connectivity index (χ1v) is 4.44. The Morgan fingerprint density at radius 1 is 1.08 bits per heavy atom. The van der Waals surface area contributed by atoms with E-state index in [4.69, 9.17) is 36.8 Å². The fourth-order valence-electron chi connectivity index (χ4n) is 0. The summed E-state index contributed by atoms with van der Waals surface area (Å²) < 4.78 is 40.5. The fraction of sp³-hybridized carbons (Fsp3) is 0. The van der Waals surface area contributed by atoms with Crippen LogP contribution in [0.2, 0.25) is 0 Å². The van der Waals surface area contributed by atoms with Crippen LogP contribution in [0.1, 0.15) is 2.85 Å². The first-order valence-electron chi connectivity index (χ1n) is 1.48. The molecule has 0 saturated heterocycles. The van der Waals surface area contributed by atoms with Crippen molar-refractivity contribution in [2.45, 2.75) is 0 Å². The predicted octanol–water partition coefficient (Wildman–Crippen LogP) is -1.84. The number of hydrogen-bond acceptors (Lipinski definition) is 4. The van der Waals surface area contributed by atoms with Gasteiger partial charge in [0.15, 0.2) is 0 Å². The molecule has 0 heterocycles. The van der Waals surface area contributed by atoms with Gasteiger partial charge in [-0.15, -0.1) is 0 Å². The van der Waals surface area contributed by atoms with Crippen molar-refractivity contribution in [1.29, 1.82) is 0 Å². The van der Waals surface area contributed by atoms with Crippen LogP contribution in [0, 0.1) is 0 Å². The van der Waals surface area contributed by atoms with Crippen LogP contribution in [0.25, 0.3) is 0 Å². The Bertz CT molecular complexity index is 205. The molecule has 0 aliphatic carbocycles. The molecule has 9 nitrogen and oxygen atoms in total. The van der Waals surface area contributed by atoms with Gasteiger partial charge in [-0.3, -0.25) is 9.11 Å². The Hall–Kier alpha value is 1.58. The molecule has 0 fully saturated rings. The van der Waals surface area contributed by atoms with E-state index >= 15 is 0 Å². The van der Waals surface area contributed by atoms with E-state index in [0.717, 1.165) is 0 Å². The number of rotatable bonds is 0. The van der Waals surface area contributed by atoms with E-state index in [2.05, 4.69) is 0 Å². The molecule has 0 radical (unpaired) electrons. The summed E-state index contributed by atoms with van der Waals surface area (Å²) in [6.45, 7) is 0. The molecule has 0 atom stereocenters. The summed E-state index contributed by atoms with van der Waals surface area (Å²) in [5.74, 6) is 0. The summed E-state index contributed by atoms with van der Waals surface area (Å²) in [6.07, 6.45) is 0. The molecule has 0 rings (SSSR count). The Labute approximate surface area is 114 Å². The van der Waals surface area contributed by atoms with E-state index in [1.807, 2.05) is 0 Å². The molecular weight excluding hydrogens is 244 g/mol. The van der Waals surface area contributed by atoms with Gasteiger partial charge in [0.25, 0.3) is 0 Å². The minimum atomic E-state index is -4.67. The molecule has 0 spiro atoms. The van der Waals surface area contributed by atoms with Crippen LogP contribution in [-0.4, -0.2) is 83.6 Å². The molecule has 0 saturated carbocycles. The quantitative estimate of drug-likeness (QED) is 0.164. The van der Waals surface area contributed by atoms with Crippen LogP contribution in [-0.2, 0) is 15.0 Å². The Morgan fingerprint density at radius 2 is 1.08 bits per heavy atom. The molecule has 0 aliphatic heterocycles. The average molecular weight is 255 g/mol. The fourth-order valence-corrected chi connectivity index (χ4v) is 0. The summed E-state index contributed by atoms with van der Waals surface area (Å²) in [7, 11) is -9.31. The standard InChI is InChI=1S/K.H3N.H3O4P.H2O4S.H/c;;2*1-5(2,3)4;/h;1H3;(H3,1,2,3,4);(H2,1,2,3,4);/p+2. The van der Waals surface area contributed by atoms with Crippen LogP contribution >= 0.6 is 7.82 Å². The van der Waals surface area contributed by atoms with E-state index in [0.29, 0.717) is 0 Å². The van der Waals surface area contributed by atoms with Gasteiger partial charge in [0.05, 0.1) is 0 Å². The normalized spacial score (nSPS) is 9.75. The number of phosphoric acid groups is 1. The van der Waals surface area contributed by atoms with Gasteiger partial charge in [0.2, 0.25) is 0 Å². The Morgan fingerprint density at radius 3 is 1.08 bits per heavy atom. The molecule has 0 aromatic carbocycles. The molecule has 0 aromatic rings. The molecule has 0 unspecified atom stereocenters. The van der Waals surface area contributed by atoms with Crippen molar-refractivity contribution in [3.8, 4) is 0 Å². The van der Waals surface area contributed by atoms with Gasteiger partial charge in [0.1, 0.15) is 0 Å². The summed E-state index contributed by atoms with van der Waals surface area (Å²) in [4.78, 5) is 21.6. The van der Waals surface area contributed by atoms with Gasteiger partial charge >= 0.3 is 72.5 Å². The van der Waals surface area contributed by atoms with Crippen LogP contribution in [0.3, 0.4) is 0 Å². The second-order valence-corrected chi connectivity index (χ2v) is 2.88. The van der Waals surface area contributed by atoms with E-state index < -0.39 is 18.2 Å². The summed E-state index contributed by atoms with van der Waals surface area (Å²) in [5, 5.41) is 0. The molecule has 0 bridgehead atoms. The maximum absolute atomic E-state index is 8.88. The predicted molar refractivity (Wildman–Crippen MR) is 42.8 cm³/mol. The molecule has 0 aromatic heterocycles. The third-order valence-corrected chi connectivity index (χ3v) is 0.